The molecule has 1 aromatic carbocycles. The topological polar surface area (TPSA) is 82.3 Å². The van der Waals surface area contributed by atoms with Crippen molar-refractivity contribution in [1.82, 2.24) is 14.5 Å². The number of hydrogen-bond donors (Lipinski definition) is 1. The number of carbonyl (C=O) groups excluding carboxylic acids is 1. The maximum absolute atomic E-state index is 12.5. The largest absolute Gasteiger partial charge is 0.376 e. The first-order valence-electron chi connectivity index (χ1n) is 8.36. The second-order valence-electron chi connectivity index (χ2n) is 6.08. The molecule has 1 unspecified atom stereocenters. The number of benzene rings is 1. The second kappa shape index (κ2) is 7.94. The summed E-state index contributed by atoms with van der Waals surface area (Å²) < 4.78 is 7.81. The maximum atomic E-state index is 12.5. The number of amides is 1. The van der Waals surface area contributed by atoms with Gasteiger partial charge in [-0.05, 0) is 18.4 Å². The van der Waals surface area contributed by atoms with Gasteiger partial charge in [-0.1, -0.05) is 30.3 Å². The Morgan fingerprint density at radius 1 is 1.20 bits per heavy atom. The van der Waals surface area contributed by atoms with Crippen molar-refractivity contribution in [1.29, 1.82) is 0 Å². The molecule has 2 aromatic rings. The van der Waals surface area contributed by atoms with Gasteiger partial charge in [0.15, 0.2) is 0 Å². The van der Waals surface area contributed by atoms with Gasteiger partial charge in [0.25, 0.3) is 5.56 Å². The van der Waals surface area contributed by atoms with E-state index in [1.807, 2.05) is 30.3 Å². The molecule has 0 spiro atoms. The van der Waals surface area contributed by atoms with Crippen molar-refractivity contribution < 1.29 is 9.53 Å². The van der Waals surface area contributed by atoms with E-state index in [9.17, 15) is 14.4 Å². The van der Waals surface area contributed by atoms with Gasteiger partial charge in [-0.3, -0.25) is 18.7 Å². The van der Waals surface area contributed by atoms with Crippen LogP contribution in [0.1, 0.15) is 18.4 Å². The van der Waals surface area contributed by atoms with Crippen LogP contribution in [0.25, 0.3) is 0 Å². The summed E-state index contributed by atoms with van der Waals surface area (Å²) in [5.74, 6) is -0.368. The molecule has 0 aliphatic carbocycles. The summed E-state index contributed by atoms with van der Waals surface area (Å²) in [7, 11) is 0. The van der Waals surface area contributed by atoms with E-state index in [0.717, 1.165) is 23.0 Å². The summed E-state index contributed by atoms with van der Waals surface area (Å²) in [6, 6.07) is 10.8. The molecule has 3 rings (SSSR count). The van der Waals surface area contributed by atoms with Crippen molar-refractivity contribution in [3.63, 3.8) is 0 Å². The Labute approximate surface area is 144 Å². The number of carbonyl (C=O) groups is 1. The standard InChI is InChI=1S/C18H21N3O4/c22-16(19-11-15-7-4-10-25-15)13-21-17(23)8-9-20(18(21)24)12-14-5-2-1-3-6-14/h1-3,5-6,8-9,15H,4,7,10-13H2,(H,19,22). The van der Waals surface area contributed by atoms with E-state index >= 15 is 0 Å². The van der Waals surface area contributed by atoms with E-state index in [1.165, 1.54) is 16.8 Å². The molecular formula is C18H21N3O4. The van der Waals surface area contributed by atoms with Gasteiger partial charge in [0.2, 0.25) is 5.91 Å². The van der Waals surface area contributed by atoms with Crippen molar-refractivity contribution in [2.75, 3.05) is 13.2 Å². The predicted molar refractivity (Wildman–Crippen MR) is 92.5 cm³/mol. The van der Waals surface area contributed by atoms with Crippen molar-refractivity contribution in [3.05, 3.63) is 69.0 Å². The molecule has 1 fully saturated rings. The van der Waals surface area contributed by atoms with Crippen LogP contribution in [0.4, 0.5) is 0 Å². The zero-order valence-corrected chi connectivity index (χ0v) is 13.9. The summed E-state index contributed by atoms with van der Waals surface area (Å²) in [5, 5.41) is 2.72. The van der Waals surface area contributed by atoms with Crippen molar-refractivity contribution in [2.45, 2.75) is 32.0 Å². The van der Waals surface area contributed by atoms with E-state index in [1.54, 1.807) is 0 Å². The smallest absolute Gasteiger partial charge is 0.331 e. The number of aromatic nitrogens is 2. The van der Waals surface area contributed by atoms with Gasteiger partial charge in [0.05, 0.1) is 12.6 Å². The summed E-state index contributed by atoms with van der Waals surface area (Å²) in [6.45, 7) is 1.17. The molecule has 1 aliphatic rings. The van der Waals surface area contributed by atoms with Crippen LogP contribution in [0.3, 0.4) is 0 Å². The molecular weight excluding hydrogens is 322 g/mol. The van der Waals surface area contributed by atoms with Crippen LogP contribution in [0.15, 0.2) is 52.2 Å². The van der Waals surface area contributed by atoms with Gasteiger partial charge < -0.3 is 10.1 Å². The predicted octanol–water partition coefficient (Wildman–Crippen LogP) is 0.353. The third-order valence-electron chi connectivity index (χ3n) is 4.19. The quantitative estimate of drug-likeness (QED) is 0.821. The minimum absolute atomic E-state index is 0.0196. The monoisotopic (exact) mass is 343 g/mol. The van der Waals surface area contributed by atoms with Crippen molar-refractivity contribution >= 4 is 5.91 Å². The molecule has 0 saturated carbocycles. The number of rotatable bonds is 6. The van der Waals surface area contributed by atoms with Gasteiger partial charge in [-0.25, -0.2) is 4.79 Å². The highest BCUT2D eigenvalue weighted by molar-refractivity contribution is 5.75. The van der Waals surface area contributed by atoms with Gasteiger partial charge in [-0.15, -0.1) is 0 Å². The van der Waals surface area contributed by atoms with Gasteiger partial charge in [-0.2, -0.15) is 0 Å². The zero-order chi connectivity index (χ0) is 17.6. The van der Waals surface area contributed by atoms with E-state index in [2.05, 4.69) is 5.32 Å². The summed E-state index contributed by atoms with van der Waals surface area (Å²) in [5.41, 5.74) is -0.0390. The number of nitrogens with one attached hydrogen (secondary N) is 1. The minimum Gasteiger partial charge on any atom is -0.376 e. The van der Waals surface area contributed by atoms with Crippen molar-refractivity contribution in [3.8, 4) is 0 Å². The van der Waals surface area contributed by atoms with E-state index in [4.69, 9.17) is 4.74 Å². The lowest BCUT2D eigenvalue weighted by Crippen LogP contribution is -2.44. The normalized spacial score (nSPS) is 16.7. The van der Waals surface area contributed by atoms with Crippen molar-refractivity contribution in [2.24, 2.45) is 0 Å². The third-order valence-corrected chi connectivity index (χ3v) is 4.19. The number of ether oxygens (including phenoxy) is 1. The molecule has 7 nitrogen and oxygen atoms in total. The molecule has 0 bridgehead atoms. The lowest BCUT2D eigenvalue weighted by Gasteiger charge is -2.12. The average molecular weight is 343 g/mol. The first-order valence-corrected chi connectivity index (χ1v) is 8.36. The van der Waals surface area contributed by atoms with Crippen LogP contribution in [-0.4, -0.2) is 34.3 Å². The Kier molecular flexibility index (Phi) is 5.45. The summed E-state index contributed by atoms with van der Waals surface area (Å²) in [4.78, 5) is 36.6. The average Bonchev–Trinajstić information content (AvgIpc) is 3.14. The maximum Gasteiger partial charge on any atom is 0.331 e. The van der Waals surface area contributed by atoms with Crippen LogP contribution in [0, 0.1) is 0 Å². The van der Waals surface area contributed by atoms with Crippen LogP contribution in [0.5, 0.6) is 0 Å². The minimum atomic E-state index is -0.497. The number of hydrogen-bond acceptors (Lipinski definition) is 4. The highest BCUT2D eigenvalue weighted by Gasteiger charge is 2.17. The third kappa shape index (κ3) is 4.45. The van der Waals surface area contributed by atoms with Gasteiger partial charge in [0, 0.05) is 25.4 Å². The Morgan fingerprint density at radius 3 is 2.72 bits per heavy atom. The fourth-order valence-corrected chi connectivity index (χ4v) is 2.84. The molecule has 7 heteroatoms. The molecule has 1 atom stereocenters. The van der Waals surface area contributed by atoms with Crippen LogP contribution < -0.4 is 16.6 Å². The molecule has 1 aliphatic heterocycles. The first kappa shape index (κ1) is 17.2. The fraction of sp³-hybridized carbons (Fsp3) is 0.389. The zero-order valence-electron chi connectivity index (χ0n) is 13.9. The van der Waals surface area contributed by atoms with Crippen LogP contribution in [-0.2, 0) is 22.6 Å². The molecule has 0 radical (unpaired) electrons. The number of nitrogens with zero attached hydrogens (tertiary/aromatic N) is 2. The highest BCUT2D eigenvalue weighted by atomic mass is 16.5. The van der Waals surface area contributed by atoms with Gasteiger partial charge >= 0.3 is 5.69 Å². The molecule has 2 heterocycles. The van der Waals surface area contributed by atoms with E-state index in [-0.39, 0.29) is 18.6 Å². The molecule has 1 amide bonds. The molecule has 1 aromatic heterocycles. The second-order valence-corrected chi connectivity index (χ2v) is 6.08. The summed E-state index contributed by atoms with van der Waals surface area (Å²) >= 11 is 0. The van der Waals surface area contributed by atoms with E-state index < -0.39 is 11.2 Å². The van der Waals surface area contributed by atoms with Crippen LogP contribution >= 0.6 is 0 Å². The SMILES string of the molecule is O=C(Cn1c(=O)ccn(Cc2ccccc2)c1=O)NCC1CCCO1. The molecule has 132 valence electrons. The lowest BCUT2D eigenvalue weighted by atomic mass is 10.2. The Balaban J connectivity index is 1.70. The first-order chi connectivity index (χ1) is 12.1. The molecule has 1 saturated heterocycles. The van der Waals surface area contributed by atoms with E-state index in [0.29, 0.717) is 19.7 Å². The summed E-state index contributed by atoms with van der Waals surface area (Å²) in [6.07, 6.45) is 3.38. The Hall–Kier alpha value is -2.67. The Morgan fingerprint density at radius 2 is 2.00 bits per heavy atom. The highest BCUT2D eigenvalue weighted by Crippen LogP contribution is 2.10. The lowest BCUT2D eigenvalue weighted by molar-refractivity contribution is -0.122. The van der Waals surface area contributed by atoms with Crippen LogP contribution in [0.2, 0.25) is 0 Å². The molecule has 1 N–H and O–H groups in total. The molecule has 25 heavy (non-hydrogen) atoms. The Bertz CT molecular complexity index is 835. The van der Waals surface area contributed by atoms with Gasteiger partial charge in [0.1, 0.15) is 6.54 Å². The fourth-order valence-electron chi connectivity index (χ4n) is 2.84.